The van der Waals surface area contributed by atoms with E-state index in [1.54, 1.807) is 24.3 Å². The van der Waals surface area contributed by atoms with E-state index in [2.05, 4.69) is 0 Å². The number of amides is 4. The van der Waals surface area contributed by atoms with Gasteiger partial charge in [-0.05, 0) is 107 Å². The van der Waals surface area contributed by atoms with Gasteiger partial charge >= 0.3 is 0 Å². The van der Waals surface area contributed by atoms with Crippen LogP contribution in [0.1, 0.15) is 63.7 Å². The van der Waals surface area contributed by atoms with Gasteiger partial charge in [0, 0.05) is 33.0 Å². The summed E-state index contributed by atoms with van der Waals surface area (Å²) < 4.78 is 1.90. The van der Waals surface area contributed by atoms with Crippen LogP contribution in [0.2, 0.25) is 0 Å². The van der Waals surface area contributed by atoms with Crippen LogP contribution < -0.4 is 9.80 Å². The molecule has 0 radical (unpaired) electrons. The number of hydrogen-bond acceptors (Lipinski definition) is 8. The first-order valence-electron chi connectivity index (χ1n) is 16.8. The third kappa shape index (κ3) is 3.50. The highest BCUT2D eigenvalue weighted by atomic mass is 32.1. The molecule has 11 rings (SSSR count). The first kappa shape index (κ1) is 29.6. The lowest BCUT2D eigenvalue weighted by molar-refractivity contribution is 0.0877. The van der Waals surface area contributed by atoms with E-state index in [9.17, 15) is 19.2 Å². The van der Waals surface area contributed by atoms with E-state index in [1.807, 2.05) is 76.2 Å². The zero-order valence-electron chi connectivity index (χ0n) is 28.2. The molecule has 2 aliphatic rings. The molecule has 4 heterocycles. The summed E-state index contributed by atoms with van der Waals surface area (Å²) >= 11 is 2.70. The molecule has 7 aromatic carbocycles. The van der Waals surface area contributed by atoms with Gasteiger partial charge in [-0.25, -0.2) is 19.8 Å². The molecule has 0 bridgehead atoms. The van der Waals surface area contributed by atoms with Gasteiger partial charge in [-0.1, -0.05) is 71.2 Å². The Kier molecular flexibility index (Phi) is 5.59. The number of carbonyl (C=O) groups is 4. The van der Waals surface area contributed by atoms with Crippen LogP contribution >= 0.6 is 22.7 Å². The predicted molar refractivity (Wildman–Crippen MR) is 208 cm³/mol. The Balaban J connectivity index is 1.11. The Labute approximate surface area is 302 Å². The van der Waals surface area contributed by atoms with Gasteiger partial charge in [-0.3, -0.25) is 19.2 Å². The number of fused-ring (bicyclic) bond motifs is 4. The molecule has 0 unspecified atom stereocenters. The van der Waals surface area contributed by atoms with Crippen LogP contribution in [-0.4, -0.2) is 33.6 Å². The monoisotopic (exact) mass is 712 g/mol. The molecule has 10 heteroatoms. The maximum Gasteiger partial charge on any atom is 0.267 e. The normalized spacial score (nSPS) is 14.6. The molecule has 2 aliphatic heterocycles. The standard InChI is InChI=1S/C42H24N4O4S2/c1-17-5-7-19(3)35-33(17)43-41(51-35)45-37(47)25-13-9-21-23-11-15-27-32-28(16-12-24(30(23)32)22-10-14-26(38(45)48)31(25)29(21)22)40(50)46(39(27)49)42-44-34-18(2)6-8-20(4)36(34)52-42/h5-16H,1-4H3. The zero-order chi connectivity index (χ0) is 35.5. The first-order valence-corrected chi connectivity index (χ1v) is 18.5. The van der Waals surface area contributed by atoms with Crippen molar-refractivity contribution in [1.29, 1.82) is 0 Å². The summed E-state index contributed by atoms with van der Waals surface area (Å²) in [6.45, 7) is 7.95. The minimum Gasteiger partial charge on any atom is -0.268 e. The minimum atomic E-state index is -0.414. The summed E-state index contributed by atoms with van der Waals surface area (Å²) in [4.78, 5) is 69.0. The number of hydrogen-bond donors (Lipinski definition) is 0. The van der Waals surface area contributed by atoms with Gasteiger partial charge in [0.15, 0.2) is 0 Å². The van der Waals surface area contributed by atoms with Crippen molar-refractivity contribution < 1.29 is 19.2 Å². The Morgan fingerprint density at radius 1 is 0.404 bits per heavy atom. The molecule has 0 aliphatic carbocycles. The maximum absolute atomic E-state index is 14.3. The summed E-state index contributed by atoms with van der Waals surface area (Å²) in [6, 6.07) is 22.8. The molecule has 9 aromatic rings. The van der Waals surface area contributed by atoms with Gasteiger partial charge < -0.3 is 0 Å². The fourth-order valence-corrected chi connectivity index (χ4v) is 10.5. The Bertz CT molecular complexity index is 2820. The van der Waals surface area contributed by atoms with Gasteiger partial charge in [0.1, 0.15) is 0 Å². The quantitative estimate of drug-likeness (QED) is 0.101. The van der Waals surface area contributed by atoms with Crippen molar-refractivity contribution >= 4 is 120 Å². The summed E-state index contributed by atoms with van der Waals surface area (Å²) in [5, 5.41) is 6.88. The molecule has 0 N–H and O–H groups in total. The molecule has 4 amide bonds. The third-order valence-electron chi connectivity index (χ3n) is 10.9. The molecule has 52 heavy (non-hydrogen) atoms. The predicted octanol–water partition coefficient (Wildman–Crippen LogP) is 9.79. The number of rotatable bonds is 2. The number of anilines is 2. The molecule has 248 valence electrons. The summed E-state index contributed by atoms with van der Waals surface area (Å²) in [5.74, 6) is -1.66. The van der Waals surface area contributed by atoms with Gasteiger partial charge in [-0.15, -0.1) is 0 Å². The number of aryl methyl sites for hydroxylation is 4. The smallest absolute Gasteiger partial charge is 0.267 e. The molecule has 0 saturated heterocycles. The van der Waals surface area contributed by atoms with E-state index in [1.165, 1.54) is 32.5 Å². The molecular weight excluding hydrogens is 689 g/mol. The lowest BCUT2D eigenvalue weighted by Crippen LogP contribution is -2.40. The van der Waals surface area contributed by atoms with Crippen LogP contribution in [-0.2, 0) is 0 Å². The minimum absolute atomic E-state index is 0.352. The second kappa shape index (κ2) is 9.81. The number of thiazole rings is 2. The Hall–Kier alpha value is -6.10. The van der Waals surface area contributed by atoms with Gasteiger partial charge in [0.05, 0.1) is 20.4 Å². The van der Waals surface area contributed by atoms with Crippen molar-refractivity contribution in [2.24, 2.45) is 0 Å². The Morgan fingerprint density at radius 3 is 1.02 bits per heavy atom. The van der Waals surface area contributed by atoms with Crippen LogP contribution in [0.4, 0.5) is 10.3 Å². The average molecular weight is 713 g/mol. The Morgan fingerprint density at radius 2 is 0.712 bits per heavy atom. The van der Waals surface area contributed by atoms with E-state index >= 15 is 0 Å². The van der Waals surface area contributed by atoms with Crippen molar-refractivity contribution in [3.05, 3.63) is 117 Å². The second-order valence-electron chi connectivity index (χ2n) is 13.8. The number of aromatic nitrogens is 2. The van der Waals surface area contributed by atoms with Crippen molar-refractivity contribution in [2.45, 2.75) is 27.7 Å². The molecule has 0 atom stereocenters. The largest absolute Gasteiger partial charge is 0.268 e. The molecule has 2 aromatic heterocycles. The lowest BCUT2D eigenvalue weighted by atomic mass is 9.82. The summed E-state index contributed by atoms with van der Waals surface area (Å²) in [6.07, 6.45) is 0. The summed E-state index contributed by atoms with van der Waals surface area (Å²) in [5.41, 5.74) is 7.34. The van der Waals surface area contributed by atoms with Crippen LogP contribution in [0.15, 0.2) is 72.8 Å². The van der Waals surface area contributed by atoms with Crippen LogP contribution in [0, 0.1) is 27.7 Å². The molecule has 0 spiro atoms. The van der Waals surface area contributed by atoms with Gasteiger partial charge in [0.2, 0.25) is 10.3 Å². The fraction of sp³-hybridized carbons (Fsp3) is 0.0952. The number of carbonyl (C=O) groups excluding carboxylic acids is 4. The van der Waals surface area contributed by atoms with Gasteiger partial charge in [0.25, 0.3) is 23.6 Å². The van der Waals surface area contributed by atoms with Crippen LogP contribution in [0.3, 0.4) is 0 Å². The van der Waals surface area contributed by atoms with Crippen molar-refractivity contribution in [3.8, 4) is 0 Å². The van der Waals surface area contributed by atoms with Gasteiger partial charge in [-0.2, -0.15) is 0 Å². The summed E-state index contributed by atoms with van der Waals surface area (Å²) in [7, 11) is 0. The van der Waals surface area contributed by atoms with Crippen LogP contribution in [0.5, 0.6) is 0 Å². The van der Waals surface area contributed by atoms with E-state index in [-0.39, 0.29) is 0 Å². The van der Waals surface area contributed by atoms with Crippen molar-refractivity contribution in [1.82, 2.24) is 9.97 Å². The third-order valence-corrected chi connectivity index (χ3v) is 13.2. The second-order valence-corrected chi connectivity index (χ2v) is 15.7. The highest BCUT2D eigenvalue weighted by Crippen LogP contribution is 2.48. The number of imide groups is 2. The van der Waals surface area contributed by atoms with Crippen LogP contribution in [0.25, 0.3) is 63.5 Å². The topological polar surface area (TPSA) is 101 Å². The lowest BCUT2D eigenvalue weighted by Gasteiger charge is -2.28. The first-order chi connectivity index (χ1) is 25.1. The molecular formula is C42H24N4O4S2. The van der Waals surface area contributed by atoms with E-state index in [4.69, 9.17) is 9.97 Å². The maximum atomic E-state index is 14.3. The SMILES string of the molecule is Cc1ccc(C)c2sc(N3C(=O)c4ccc5c6ccc7c8c(ccc(c9ccc(c4c59)C3=O)c86)C(=O)N(c3nc4c(C)ccc(C)c4s3)C7=O)nc12. The van der Waals surface area contributed by atoms with Crippen molar-refractivity contribution in [3.63, 3.8) is 0 Å². The van der Waals surface area contributed by atoms with E-state index in [0.717, 1.165) is 75.0 Å². The molecule has 8 nitrogen and oxygen atoms in total. The number of benzene rings is 7. The fourth-order valence-electron chi connectivity index (χ4n) is 8.30. The number of nitrogens with zero attached hydrogens (tertiary/aromatic N) is 4. The highest BCUT2D eigenvalue weighted by molar-refractivity contribution is 7.23. The average Bonchev–Trinajstić information content (AvgIpc) is 3.80. The molecule has 0 saturated carbocycles. The van der Waals surface area contributed by atoms with E-state index in [0.29, 0.717) is 43.3 Å². The highest BCUT2D eigenvalue weighted by Gasteiger charge is 2.39. The molecule has 0 fully saturated rings. The van der Waals surface area contributed by atoms with E-state index < -0.39 is 23.6 Å². The zero-order valence-corrected chi connectivity index (χ0v) is 29.8. The van der Waals surface area contributed by atoms with Crippen molar-refractivity contribution in [2.75, 3.05) is 9.80 Å².